The van der Waals surface area contributed by atoms with E-state index in [9.17, 15) is 0 Å². The molecule has 0 radical (unpaired) electrons. The second-order valence-electron chi connectivity index (χ2n) is 4.66. The largest absolute Gasteiger partial charge is 0.261 e. The summed E-state index contributed by atoms with van der Waals surface area (Å²) >= 11 is 0. The molecule has 0 fully saturated rings. The number of rotatable bonds is 2. The van der Waals surface area contributed by atoms with Gasteiger partial charge < -0.3 is 0 Å². The molecule has 0 unspecified atom stereocenters. The molecule has 3 aromatic rings. The second-order valence-corrected chi connectivity index (χ2v) is 4.66. The van der Waals surface area contributed by atoms with E-state index in [4.69, 9.17) is 0 Å². The molecule has 3 rings (SSSR count). The van der Waals surface area contributed by atoms with Crippen molar-refractivity contribution in [2.75, 3.05) is 0 Å². The third-order valence-corrected chi connectivity index (χ3v) is 3.05. The quantitative estimate of drug-likeness (QED) is 0.711. The molecule has 0 saturated carbocycles. The summed E-state index contributed by atoms with van der Waals surface area (Å²) in [5.74, 6) is 0. The number of aryl methyl sites for hydroxylation is 2. The number of nitrogens with zero attached hydrogens (tertiary/aromatic N) is 4. The highest BCUT2D eigenvalue weighted by Crippen LogP contribution is 2.20. The highest BCUT2D eigenvalue weighted by atomic mass is 14.8. The van der Waals surface area contributed by atoms with E-state index in [0.29, 0.717) is 0 Å². The Labute approximate surface area is 117 Å². The van der Waals surface area contributed by atoms with Crippen molar-refractivity contribution in [2.24, 2.45) is 0 Å². The average Bonchev–Trinajstić information content (AvgIpc) is 2.49. The summed E-state index contributed by atoms with van der Waals surface area (Å²) < 4.78 is 0. The van der Waals surface area contributed by atoms with Gasteiger partial charge in [-0.3, -0.25) is 19.9 Å². The van der Waals surface area contributed by atoms with Gasteiger partial charge in [-0.05, 0) is 26.0 Å². The first-order valence-electron chi connectivity index (χ1n) is 6.40. The molecule has 0 atom stereocenters. The molecule has 0 aliphatic heterocycles. The Hall–Kier alpha value is -2.62. The van der Waals surface area contributed by atoms with Gasteiger partial charge in [0.15, 0.2) is 0 Å². The second kappa shape index (κ2) is 5.17. The Morgan fingerprint density at radius 1 is 0.550 bits per heavy atom. The van der Waals surface area contributed by atoms with E-state index in [1.54, 1.807) is 12.4 Å². The van der Waals surface area contributed by atoms with Crippen molar-refractivity contribution in [1.29, 1.82) is 0 Å². The van der Waals surface area contributed by atoms with Crippen LogP contribution in [0, 0.1) is 13.8 Å². The van der Waals surface area contributed by atoms with Crippen LogP contribution in [-0.4, -0.2) is 19.9 Å². The molecule has 20 heavy (non-hydrogen) atoms. The minimum Gasteiger partial charge on any atom is -0.261 e. The lowest BCUT2D eigenvalue weighted by atomic mass is 10.1. The molecular formula is C16H14N4. The van der Waals surface area contributed by atoms with E-state index in [2.05, 4.69) is 19.9 Å². The van der Waals surface area contributed by atoms with Gasteiger partial charge in [0.25, 0.3) is 0 Å². The molecule has 3 aromatic heterocycles. The lowest BCUT2D eigenvalue weighted by molar-refractivity contribution is 1.11. The normalized spacial score (nSPS) is 10.5. The monoisotopic (exact) mass is 262 g/mol. The van der Waals surface area contributed by atoms with Crippen LogP contribution in [0.4, 0.5) is 0 Å². The van der Waals surface area contributed by atoms with E-state index in [1.165, 1.54) is 0 Å². The molecule has 3 heterocycles. The Morgan fingerprint density at radius 2 is 1.20 bits per heavy atom. The molecule has 4 nitrogen and oxygen atoms in total. The van der Waals surface area contributed by atoms with Crippen LogP contribution in [0.5, 0.6) is 0 Å². The molecule has 0 aliphatic rings. The van der Waals surface area contributed by atoms with Gasteiger partial charge in [0.1, 0.15) is 5.69 Å². The SMILES string of the molecule is Cc1ccc(-c2ccc(-c3cnc(C)cn3)nc2)cn1. The van der Waals surface area contributed by atoms with Crippen LogP contribution in [0.2, 0.25) is 0 Å². The van der Waals surface area contributed by atoms with Crippen LogP contribution >= 0.6 is 0 Å². The molecule has 0 bridgehead atoms. The fourth-order valence-electron chi connectivity index (χ4n) is 1.88. The van der Waals surface area contributed by atoms with Crippen LogP contribution < -0.4 is 0 Å². The predicted molar refractivity (Wildman–Crippen MR) is 78.0 cm³/mol. The Bertz CT molecular complexity index is 636. The van der Waals surface area contributed by atoms with E-state index in [-0.39, 0.29) is 0 Å². The number of hydrogen-bond donors (Lipinski definition) is 0. The first-order valence-corrected chi connectivity index (χ1v) is 6.40. The summed E-state index contributed by atoms with van der Waals surface area (Å²) in [6.07, 6.45) is 7.18. The van der Waals surface area contributed by atoms with Gasteiger partial charge in [0, 0.05) is 35.4 Å². The van der Waals surface area contributed by atoms with Crippen molar-refractivity contribution in [2.45, 2.75) is 13.8 Å². The lowest BCUT2D eigenvalue weighted by Crippen LogP contribution is -1.91. The Morgan fingerprint density at radius 3 is 1.75 bits per heavy atom. The summed E-state index contributed by atoms with van der Waals surface area (Å²) in [7, 11) is 0. The summed E-state index contributed by atoms with van der Waals surface area (Å²) in [6.45, 7) is 3.89. The zero-order valence-corrected chi connectivity index (χ0v) is 11.4. The van der Waals surface area contributed by atoms with Crippen LogP contribution in [0.25, 0.3) is 22.5 Å². The third kappa shape index (κ3) is 2.54. The standard InChI is InChI=1S/C16H14N4/c1-11-3-4-13(8-17-11)14-5-6-15(20-9-14)16-10-18-12(2)7-19-16/h3-10H,1-2H3. The topological polar surface area (TPSA) is 51.6 Å². The van der Waals surface area contributed by atoms with Crippen LogP contribution in [0.1, 0.15) is 11.4 Å². The molecule has 0 amide bonds. The Kier molecular flexibility index (Phi) is 3.21. The summed E-state index contributed by atoms with van der Waals surface area (Å²) in [4.78, 5) is 17.3. The van der Waals surface area contributed by atoms with Crippen LogP contribution in [0.15, 0.2) is 49.1 Å². The molecule has 0 aromatic carbocycles. The first kappa shape index (κ1) is 12.4. The van der Waals surface area contributed by atoms with E-state index in [0.717, 1.165) is 33.9 Å². The Balaban J connectivity index is 1.91. The van der Waals surface area contributed by atoms with E-state index < -0.39 is 0 Å². The molecule has 0 spiro atoms. The highest BCUT2D eigenvalue weighted by Gasteiger charge is 2.03. The van der Waals surface area contributed by atoms with Crippen molar-refractivity contribution < 1.29 is 0 Å². The number of hydrogen-bond acceptors (Lipinski definition) is 4. The van der Waals surface area contributed by atoms with Gasteiger partial charge in [0.05, 0.1) is 17.6 Å². The van der Waals surface area contributed by atoms with E-state index in [1.807, 2.05) is 50.5 Å². The highest BCUT2D eigenvalue weighted by molar-refractivity contribution is 5.64. The molecule has 4 heteroatoms. The third-order valence-electron chi connectivity index (χ3n) is 3.05. The van der Waals surface area contributed by atoms with Crippen molar-refractivity contribution in [3.05, 3.63) is 60.4 Å². The van der Waals surface area contributed by atoms with E-state index >= 15 is 0 Å². The lowest BCUT2D eigenvalue weighted by Gasteiger charge is -2.03. The van der Waals surface area contributed by atoms with Gasteiger partial charge in [0.2, 0.25) is 0 Å². The fourth-order valence-corrected chi connectivity index (χ4v) is 1.88. The minimum atomic E-state index is 0.782. The fraction of sp³-hybridized carbons (Fsp3) is 0.125. The maximum Gasteiger partial charge on any atom is 0.107 e. The predicted octanol–water partition coefficient (Wildman–Crippen LogP) is 3.22. The number of aromatic nitrogens is 4. The summed E-state index contributed by atoms with van der Waals surface area (Å²) in [5.41, 5.74) is 5.61. The average molecular weight is 262 g/mol. The summed E-state index contributed by atoms with van der Waals surface area (Å²) in [6, 6.07) is 8.02. The van der Waals surface area contributed by atoms with Crippen molar-refractivity contribution in [3.8, 4) is 22.5 Å². The van der Waals surface area contributed by atoms with Gasteiger partial charge in [-0.25, -0.2) is 0 Å². The molecule has 0 saturated heterocycles. The van der Waals surface area contributed by atoms with Crippen molar-refractivity contribution in [1.82, 2.24) is 19.9 Å². The van der Waals surface area contributed by atoms with Crippen molar-refractivity contribution in [3.63, 3.8) is 0 Å². The molecular weight excluding hydrogens is 248 g/mol. The van der Waals surface area contributed by atoms with Gasteiger partial charge >= 0.3 is 0 Å². The summed E-state index contributed by atoms with van der Waals surface area (Å²) in [5, 5.41) is 0. The maximum absolute atomic E-state index is 4.45. The minimum absolute atomic E-state index is 0.782. The zero-order valence-electron chi connectivity index (χ0n) is 11.4. The van der Waals surface area contributed by atoms with Gasteiger partial charge in [-0.1, -0.05) is 12.1 Å². The molecule has 0 aliphatic carbocycles. The molecule has 0 N–H and O–H groups in total. The van der Waals surface area contributed by atoms with Crippen LogP contribution in [0.3, 0.4) is 0 Å². The zero-order chi connectivity index (χ0) is 13.9. The first-order chi connectivity index (χ1) is 9.72. The molecule has 98 valence electrons. The van der Waals surface area contributed by atoms with Gasteiger partial charge in [-0.2, -0.15) is 0 Å². The smallest absolute Gasteiger partial charge is 0.107 e. The maximum atomic E-state index is 4.45. The van der Waals surface area contributed by atoms with Gasteiger partial charge in [-0.15, -0.1) is 0 Å². The van der Waals surface area contributed by atoms with Crippen LogP contribution in [-0.2, 0) is 0 Å². The van der Waals surface area contributed by atoms with Crippen molar-refractivity contribution >= 4 is 0 Å². The number of pyridine rings is 2.